The minimum atomic E-state index is -0.450. The molecule has 6 nitrogen and oxygen atoms in total. The van der Waals surface area contributed by atoms with Gasteiger partial charge in [-0.15, -0.1) is 0 Å². The smallest absolute Gasteiger partial charge is 0.270 e. The van der Waals surface area contributed by atoms with Crippen molar-refractivity contribution in [3.63, 3.8) is 0 Å². The normalized spacial score (nSPS) is 10.4. The summed E-state index contributed by atoms with van der Waals surface area (Å²) in [6.45, 7) is 0.430. The summed E-state index contributed by atoms with van der Waals surface area (Å²) in [7, 11) is 0. The zero-order chi connectivity index (χ0) is 12.4. The second-order valence-electron chi connectivity index (χ2n) is 3.43. The number of rotatable bonds is 3. The SMILES string of the molecule is O=[N+]([O-])c1ccc(Cn2cc(O)cn2)c(Br)c1. The van der Waals surface area contributed by atoms with E-state index in [1.807, 2.05) is 0 Å². The Hall–Kier alpha value is -1.89. The first-order valence-corrected chi connectivity index (χ1v) is 5.50. The molecule has 0 aliphatic heterocycles. The molecule has 0 spiro atoms. The Morgan fingerprint density at radius 2 is 2.29 bits per heavy atom. The number of non-ortho nitro benzene ring substituents is 1. The van der Waals surface area contributed by atoms with Gasteiger partial charge in [0.05, 0.1) is 23.9 Å². The molecule has 0 unspecified atom stereocenters. The van der Waals surface area contributed by atoms with Crippen LogP contribution in [0.1, 0.15) is 5.56 Å². The molecule has 0 saturated carbocycles. The quantitative estimate of drug-likeness (QED) is 0.696. The zero-order valence-electron chi connectivity index (χ0n) is 8.58. The van der Waals surface area contributed by atoms with Crippen molar-refractivity contribution in [2.24, 2.45) is 0 Å². The van der Waals surface area contributed by atoms with Gasteiger partial charge in [0.1, 0.15) is 0 Å². The van der Waals surface area contributed by atoms with Gasteiger partial charge in [0.25, 0.3) is 5.69 Å². The number of nitro groups is 1. The monoisotopic (exact) mass is 297 g/mol. The molecule has 1 heterocycles. The summed E-state index contributed by atoms with van der Waals surface area (Å²) >= 11 is 3.27. The Morgan fingerprint density at radius 3 is 2.82 bits per heavy atom. The van der Waals surface area contributed by atoms with Gasteiger partial charge in [0.2, 0.25) is 0 Å². The number of hydrogen-bond donors (Lipinski definition) is 1. The summed E-state index contributed by atoms with van der Waals surface area (Å²) in [5.74, 6) is 0.0861. The van der Waals surface area contributed by atoms with Gasteiger partial charge in [-0.1, -0.05) is 15.9 Å². The minimum Gasteiger partial charge on any atom is -0.505 e. The number of halogens is 1. The van der Waals surface area contributed by atoms with Crippen LogP contribution in [0.3, 0.4) is 0 Å². The molecular weight excluding hydrogens is 290 g/mol. The largest absolute Gasteiger partial charge is 0.505 e. The van der Waals surface area contributed by atoms with E-state index in [1.54, 1.807) is 10.7 Å². The molecule has 1 aromatic carbocycles. The zero-order valence-corrected chi connectivity index (χ0v) is 10.2. The van der Waals surface area contributed by atoms with Crippen LogP contribution in [0.2, 0.25) is 0 Å². The highest BCUT2D eigenvalue weighted by molar-refractivity contribution is 9.10. The number of aromatic hydroxyl groups is 1. The van der Waals surface area contributed by atoms with Crippen LogP contribution < -0.4 is 0 Å². The van der Waals surface area contributed by atoms with E-state index < -0.39 is 4.92 Å². The van der Waals surface area contributed by atoms with Crippen molar-refractivity contribution in [2.75, 3.05) is 0 Å². The topological polar surface area (TPSA) is 81.2 Å². The first-order chi connectivity index (χ1) is 8.06. The average Bonchev–Trinajstić information content (AvgIpc) is 2.67. The molecule has 7 heteroatoms. The van der Waals surface area contributed by atoms with Crippen LogP contribution in [0.4, 0.5) is 5.69 Å². The average molecular weight is 298 g/mol. The van der Waals surface area contributed by atoms with E-state index in [0.29, 0.717) is 11.0 Å². The molecule has 0 atom stereocenters. The summed E-state index contributed by atoms with van der Waals surface area (Å²) in [5.41, 5.74) is 0.877. The molecule has 0 aliphatic carbocycles. The maximum absolute atomic E-state index is 10.6. The van der Waals surface area contributed by atoms with Gasteiger partial charge < -0.3 is 5.11 Å². The van der Waals surface area contributed by atoms with Crippen molar-refractivity contribution in [2.45, 2.75) is 6.54 Å². The Kier molecular flexibility index (Phi) is 3.10. The Balaban J connectivity index is 2.25. The Bertz CT molecular complexity index is 568. The van der Waals surface area contributed by atoms with Crippen LogP contribution in [0, 0.1) is 10.1 Å². The van der Waals surface area contributed by atoms with E-state index >= 15 is 0 Å². The number of aromatic nitrogens is 2. The summed E-state index contributed by atoms with van der Waals surface area (Å²) < 4.78 is 2.18. The maximum Gasteiger partial charge on any atom is 0.270 e. The standard InChI is InChI=1S/C10H8BrN3O3/c11-10-3-8(14(16)17)2-1-7(10)5-13-6-9(15)4-12-13/h1-4,6,15H,5H2. The van der Waals surface area contributed by atoms with Gasteiger partial charge in [0, 0.05) is 16.6 Å². The lowest BCUT2D eigenvalue weighted by atomic mass is 10.2. The van der Waals surface area contributed by atoms with E-state index in [2.05, 4.69) is 21.0 Å². The lowest BCUT2D eigenvalue weighted by Gasteiger charge is -2.04. The molecule has 2 aromatic rings. The van der Waals surface area contributed by atoms with Crippen LogP contribution in [0.5, 0.6) is 5.75 Å². The van der Waals surface area contributed by atoms with Crippen molar-refractivity contribution in [1.82, 2.24) is 9.78 Å². The molecule has 2 rings (SSSR count). The van der Waals surface area contributed by atoms with E-state index in [4.69, 9.17) is 5.11 Å². The third-order valence-electron chi connectivity index (χ3n) is 2.20. The van der Waals surface area contributed by atoms with Crippen molar-refractivity contribution in [1.29, 1.82) is 0 Å². The fourth-order valence-corrected chi connectivity index (χ4v) is 1.88. The van der Waals surface area contributed by atoms with Crippen molar-refractivity contribution < 1.29 is 10.0 Å². The lowest BCUT2D eigenvalue weighted by Crippen LogP contribution is -2.01. The van der Waals surface area contributed by atoms with E-state index in [9.17, 15) is 10.1 Å². The Labute approximate surface area is 105 Å². The van der Waals surface area contributed by atoms with E-state index in [1.165, 1.54) is 24.5 Å². The second kappa shape index (κ2) is 4.54. The molecule has 0 saturated heterocycles. The van der Waals surface area contributed by atoms with Gasteiger partial charge in [0.15, 0.2) is 5.75 Å². The molecule has 17 heavy (non-hydrogen) atoms. The van der Waals surface area contributed by atoms with Crippen LogP contribution in [0.25, 0.3) is 0 Å². The highest BCUT2D eigenvalue weighted by atomic mass is 79.9. The highest BCUT2D eigenvalue weighted by Gasteiger charge is 2.09. The van der Waals surface area contributed by atoms with E-state index in [-0.39, 0.29) is 11.4 Å². The predicted molar refractivity (Wildman–Crippen MR) is 63.8 cm³/mol. The van der Waals surface area contributed by atoms with Crippen LogP contribution in [-0.4, -0.2) is 19.8 Å². The molecule has 0 radical (unpaired) electrons. The number of nitrogens with zero attached hydrogens (tertiary/aromatic N) is 3. The van der Waals surface area contributed by atoms with Crippen LogP contribution in [0.15, 0.2) is 35.1 Å². The lowest BCUT2D eigenvalue weighted by molar-refractivity contribution is -0.384. The predicted octanol–water partition coefficient (Wildman–Crippen LogP) is 2.31. The molecule has 1 N–H and O–H groups in total. The highest BCUT2D eigenvalue weighted by Crippen LogP contribution is 2.23. The third-order valence-corrected chi connectivity index (χ3v) is 2.94. The molecule has 0 fully saturated rings. The molecule has 0 bridgehead atoms. The summed E-state index contributed by atoms with van der Waals surface area (Å²) in [6, 6.07) is 4.53. The number of nitro benzene ring substituents is 1. The van der Waals surface area contributed by atoms with Crippen LogP contribution >= 0.6 is 15.9 Å². The van der Waals surface area contributed by atoms with Gasteiger partial charge >= 0.3 is 0 Å². The number of hydrogen-bond acceptors (Lipinski definition) is 4. The molecule has 88 valence electrons. The van der Waals surface area contributed by atoms with Gasteiger partial charge in [-0.05, 0) is 11.6 Å². The minimum absolute atomic E-state index is 0.0314. The van der Waals surface area contributed by atoms with Crippen molar-refractivity contribution >= 4 is 21.6 Å². The summed E-state index contributed by atoms with van der Waals surface area (Å²) in [5, 5.41) is 23.6. The third kappa shape index (κ3) is 2.62. The van der Waals surface area contributed by atoms with Gasteiger partial charge in [-0.25, -0.2) is 0 Å². The summed E-state index contributed by atoms with van der Waals surface area (Å²) in [6.07, 6.45) is 2.81. The fourth-order valence-electron chi connectivity index (χ4n) is 1.39. The first-order valence-electron chi connectivity index (χ1n) is 4.70. The fraction of sp³-hybridized carbons (Fsp3) is 0.100. The summed E-state index contributed by atoms with van der Waals surface area (Å²) in [4.78, 5) is 10.1. The van der Waals surface area contributed by atoms with Gasteiger partial charge in [-0.3, -0.25) is 14.8 Å². The number of benzene rings is 1. The van der Waals surface area contributed by atoms with Crippen LogP contribution in [-0.2, 0) is 6.54 Å². The molecule has 1 aromatic heterocycles. The van der Waals surface area contributed by atoms with Crippen molar-refractivity contribution in [3.05, 3.63) is 50.7 Å². The first kappa shape index (κ1) is 11.6. The van der Waals surface area contributed by atoms with E-state index in [0.717, 1.165) is 5.56 Å². The second-order valence-corrected chi connectivity index (χ2v) is 4.28. The maximum atomic E-state index is 10.6. The van der Waals surface area contributed by atoms with Crippen molar-refractivity contribution in [3.8, 4) is 5.75 Å². The Morgan fingerprint density at radius 1 is 1.53 bits per heavy atom. The molecule has 0 amide bonds. The molecule has 0 aliphatic rings. The van der Waals surface area contributed by atoms with Gasteiger partial charge in [-0.2, -0.15) is 5.10 Å². The molecular formula is C10H8BrN3O3.